The van der Waals surface area contributed by atoms with Crippen molar-refractivity contribution in [2.24, 2.45) is 0 Å². The number of unbranched alkanes of at least 4 members (excludes halogenated alkanes) is 14. The Hall–Kier alpha value is -8.26. The number of hydrogen-bond acceptors (Lipinski definition) is 14. The van der Waals surface area contributed by atoms with Crippen LogP contribution in [0.1, 0.15) is 204 Å². The third kappa shape index (κ3) is 22.4. The van der Waals surface area contributed by atoms with Gasteiger partial charge in [0.1, 0.15) is 11.5 Å². The second-order valence-corrected chi connectivity index (χ2v) is 21.5. The highest BCUT2D eigenvalue weighted by Gasteiger charge is 2.20. The van der Waals surface area contributed by atoms with Crippen molar-refractivity contribution < 1.29 is 66.7 Å². The van der Waals surface area contributed by atoms with Gasteiger partial charge in [-0.2, -0.15) is 0 Å². The molecule has 6 rings (SSSR count). The van der Waals surface area contributed by atoms with E-state index in [1.165, 1.54) is 102 Å². The lowest BCUT2D eigenvalue weighted by Gasteiger charge is -2.13. The highest BCUT2D eigenvalue weighted by atomic mass is 16.6. The Kier molecular flexibility index (Phi) is 27.7. The van der Waals surface area contributed by atoms with E-state index in [-0.39, 0.29) is 71.1 Å². The molecule has 0 amide bonds. The fourth-order valence-corrected chi connectivity index (χ4v) is 9.58. The molecular weight excluding hydrogens is 1080 g/mol. The predicted molar refractivity (Wildman–Crippen MR) is 329 cm³/mol. The van der Waals surface area contributed by atoms with Crippen molar-refractivity contribution in [2.45, 2.75) is 175 Å². The first-order chi connectivity index (χ1) is 41.3. The molecule has 0 aliphatic carbocycles. The van der Waals surface area contributed by atoms with Gasteiger partial charge in [0.25, 0.3) is 0 Å². The summed E-state index contributed by atoms with van der Waals surface area (Å²) in [5.41, 5.74) is 4.90. The van der Waals surface area contributed by atoms with E-state index < -0.39 is 23.9 Å². The zero-order chi connectivity index (χ0) is 60.8. The molecule has 0 heterocycles. The number of benzene rings is 6. The molecule has 0 N–H and O–H groups in total. The molecule has 0 saturated carbocycles. The maximum absolute atomic E-state index is 13.1. The van der Waals surface area contributed by atoms with E-state index in [0.29, 0.717) is 35.5 Å². The lowest BCUT2D eigenvalue weighted by atomic mass is 10.0. The standard InChI is InChI=1S/C71H84O14/c1-7-9-11-13-16-20-24-50(3)80-68(74)56-32-28-52(29-33-56)54-36-42-60(43-37-54)82-70(76)58-40-46-62(64(48-58)78-5)84-66(72)26-22-18-15-19-23-27-67(73)85-63-47-41-59(49-65(63)79-6)71(77)83-61-44-38-55(39-45-61)53-30-34-57(35-31-53)69(75)81-51(4)25-21-17-14-12-10-8-2/h28-51H,7-27H2,1-6H3. The van der Waals surface area contributed by atoms with Crippen LogP contribution in [0.2, 0.25) is 0 Å². The third-order valence-corrected chi connectivity index (χ3v) is 14.6. The first-order valence-electron chi connectivity index (χ1n) is 30.3. The van der Waals surface area contributed by atoms with E-state index in [0.717, 1.165) is 80.0 Å². The van der Waals surface area contributed by atoms with Crippen LogP contribution in [-0.4, -0.2) is 62.2 Å². The SMILES string of the molecule is CCCCCCCCC(C)OC(=O)c1ccc(-c2ccc(OC(=O)c3ccc(OC(=O)CCCCCCCC(=O)Oc4ccc(C(=O)Oc5ccc(-c6ccc(C(=O)OC(C)CCCCCCCC)cc6)cc5)cc4OC)c(OC)c3)cc2)cc1. The number of rotatable bonds is 36. The Morgan fingerprint density at radius 1 is 0.329 bits per heavy atom. The Morgan fingerprint density at radius 2 is 0.635 bits per heavy atom. The Labute approximate surface area is 501 Å². The predicted octanol–water partition coefficient (Wildman–Crippen LogP) is 17.3. The molecule has 0 saturated heterocycles. The molecule has 85 heavy (non-hydrogen) atoms. The molecule has 0 fully saturated rings. The molecule has 6 aromatic carbocycles. The minimum Gasteiger partial charge on any atom is -0.493 e. The fraction of sp³-hybridized carbons (Fsp3) is 0.408. The normalized spacial score (nSPS) is 11.6. The molecule has 6 aromatic rings. The summed E-state index contributed by atoms with van der Waals surface area (Å²) < 4.78 is 44.7. The van der Waals surface area contributed by atoms with E-state index >= 15 is 0 Å². The fourth-order valence-electron chi connectivity index (χ4n) is 9.58. The summed E-state index contributed by atoms with van der Waals surface area (Å²) in [5, 5.41) is 0. The van der Waals surface area contributed by atoms with Crippen LogP contribution in [0.3, 0.4) is 0 Å². The van der Waals surface area contributed by atoms with Crippen molar-refractivity contribution in [3.63, 3.8) is 0 Å². The summed E-state index contributed by atoms with van der Waals surface area (Å²) in [4.78, 5) is 77.4. The van der Waals surface area contributed by atoms with Crippen LogP contribution in [-0.2, 0) is 19.1 Å². The third-order valence-electron chi connectivity index (χ3n) is 14.6. The van der Waals surface area contributed by atoms with Crippen LogP contribution in [0.25, 0.3) is 22.3 Å². The molecule has 14 nitrogen and oxygen atoms in total. The van der Waals surface area contributed by atoms with Crippen LogP contribution in [0.4, 0.5) is 0 Å². The number of carbonyl (C=O) groups is 6. The van der Waals surface area contributed by atoms with E-state index in [1.807, 2.05) is 62.4 Å². The monoisotopic (exact) mass is 1160 g/mol. The van der Waals surface area contributed by atoms with E-state index in [9.17, 15) is 28.8 Å². The van der Waals surface area contributed by atoms with E-state index in [1.54, 1.807) is 48.5 Å². The molecule has 0 aromatic heterocycles. The van der Waals surface area contributed by atoms with Crippen LogP contribution in [0.5, 0.6) is 34.5 Å². The highest BCUT2D eigenvalue weighted by Crippen LogP contribution is 2.32. The maximum atomic E-state index is 13.1. The average Bonchev–Trinajstić information content (AvgIpc) is 3.59. The molecule has 0 aliphatic rings. The smallest absolute Gasteiger partial charge is 0.343 e. The summed E-state index contributed by atoms with van der Waals surface area (Å²) in [6.07, 6.45) is 19.4. The number of methoxy groups -OCH3 is 2. The average molecular weight is 1160 g/mol. The van der Waals surface area contributed by atoms with Gasteiger partial charge in [-0.25, -0.2) is 19.2 Å². The molecule has 0 aliphatic heterocycles. The highest BCUT2D eigenvalue weighted by molar-refractivity contribution is 5.94. The molecule has 14 heteroatoms. The van der Waals surface area contributed by atoms with E-state index in [2.05, 4.69) is 13.8 Å². The summed E-state index contributed by atoms with van der Waals surface area (Å²) in [6.45, 7) is 8.28. The Bertz CT molecular complexity index is 2850. The van der Waals surface area contributed by atoms with Gasteiger partial charge >= 0.3 is 35.8 Å². The van der Waals surface area contributed by atoms with Gasteiger partial charge < -0.3 is 37.9 Å². The largest absolute Gasteiger partial charge is 0.493 e. The first kappa shape index (κ1) is 65.9. The van der Waals surface area contributed by atoms with E-state index in [4.69, 9.17) is 37.9 Å². The van der Waals surface area contributed by atoms with Gasteiger partial charge in [0.2, 0.25) is 0 Å². The number of esters is 6. The molecule has 2 atom stereocenters. The van der Waals surface area contributed by atoms with Gasteiger partial charge in [0.05, 0.1) is 48.7 Å². The molecule has 0 radical (unpaired) electrons. The maximum Gasteiger partial charge on any atom is 0.343 e. The zero-order valence-corrected chi connectivity index (χ0v) is 50.4. The molecule has 0 bridgehead atoms. The van der Waals surface area contributed by atoms with Crippen molar-refractivity contribution >= 4 is 35.8 Å². The minimum atomic E-state index is -0.621. The number of carbonyl (C=O) groups excluding carboxylic acids is 6. The Morgan fingerprint density at radius 3 is 0.976 bits per heavy atom. The van der Waals surface area contributed by atoms with Gasteiger partial charge in [0.15, 0.2) is 23.0 Å². The summed E-state index contributed by atoms with van der Waals surface area (Å²) in [5.74, 6) is -1.42. The summed E-state index contributed by atoms with van der Waals surface area (Å²) >= 11 is 0. The van der Waals surface area contributed by atoms with Crippen molar-refractivity contribution in [1.29, 1.82) is 0 Å². The van der Waals surface area contributed by atoms with Crippen LogP contribution < -0.4 is 28.4 Å². The molecule has 0 spiro atoms. The minimum absolute atomic E-state index is 0.144. The van der Waals surface area contributed by atoms with Crippen molar-refractivity contribution in [2.75, 3.05) is 14.2 Å². The van der Waals surface area contributed by atoms with Gasteiger partial charge in [-0.05, 0) is 160 Å². The number of ether oxygens (including phenoxy) is 8. The van der Waals surface area contributed by atoms with Gasteiger partial charge in [-0.1, -0.05) is 146 Å². The second kappa shape index (κ2) is 35.8. The van der Waals surface area contributed by atoms with Crippen molar-refractivity contribution in [3.05, 3.63) is 156 Å². The zero-order valence-electron chi connectivity index (χ0n) is 50.4. The van der Waals surface area contributed by atoms with Gasteiger partial charge in [0, 0.05) is 12.8 Å². The van der Waals surface area contributed by atoms with Crippen molar-refractivity contribution in [3.8, 4) is 56.8 Å². The lowest BCUT2D eigenvalue weighted by Crippen LogP contribution is -2.15. The number of hydrogen-bond donors (Lipinski definition) is 0. The van der Waals surface area contributed by atoms with Crippen molar-refractivity contribution in [1.82, 2.24) is 0 Å². The molecule has 452 valence electrons. The first-order valence-corrected chi connectivity index (χ1v) is 30.3. The van der Waals surface area contributed by atoms with Crippen LogP contribution >= 0.6 is 0 Å². The van der Waals surface area contributed by atoms with Crippen LogP contribution in [0.15, 0.2) is 133 Å². The summed E-state index contributed by atoms with van der Waals surface area (Å²) in [7, 11) is 2.83. The van der Waals surface area contributed by atoms with Gasteiger partial charge in [-0.3, -0.25) is 9.59 Å². The molecular formula is C71H84O14. The quantitative estimate of drug-likeness (QED) is 0.0206. The Balaban J connectivity index is 0.846. The summed E-state index contributed by atoms with van der Waals surface area (Å²) in [6, 6.07) is 37.4. The molecule has 2 unspecified atom stereocenters. The second-order valence-electron chi connectivity index (χ2n) is 21.5. The van der Waals surface area contributed by atoms with Crippen LogP contribution in [0, 0.1) is 0 Å². The van der Waals surface area contributed by atoms with Gasteiger partial charge in [-0.15, -0.1) is 0 Å². The topological polar surface area (TPSA) is 176 Å². The lowest BCUT2D eigenvalue weighted by molar-refractivity contribution is -0.135.